The predicted molar refractivity (Wildman–Crippen MR) is 123 cm³/mol. The van der Waals surface area contributed by atoms with E-state index in [1.54, 1.807) is 47.0 Å². The van der Waals surface area contributed by atoms with Crippen molar-refractivity contribution in [1.82, 2.24) is 19.7 Å². The van der Waals surface area contributed by atoms with E-state index in [9.17, 15) is 9.59 Å². The normalized spacial score (nSPS) is 14.5. The van der Waals surface area contributed by atoms with Gasteiger partial charge in [-0.3, -0.25) is 14.6 Å². The minimum atomic E-state index is -0.0737. The monoisotopic (exact) mass is 433 g/mol. The lowest BCUT2D eigenvalue weighted by molar-refractivity contribution is 0.0657. The summed E-state index contributed by atoms with van der Waals surface area (Å²) < 4.78 is 6.91. The van der Waals surface area contributed by atoms with E-state index in [1.165, 1.54) is 6.26 Å². The van der Waals surface area contributed by atoms with Crippen molar-refractivity contribution in [2.24, 2.45) is 4.99 Å². The second-order valence-corrected chi connectivity index (χ2v) is 7.64. The fraction of sp³-hybridized carbons (Fsp3) is 0.292. The predicted octanol–water partition coefficient (Wildman–Crippen LogP) is 2.02. The van der Waals surface area contributed by atoms with Crippen LogP contribution in [0.2, 0.25) is 0 Å². The fourth-order valence-corrected chi connectivity index (χ4v) is 3.74. The molecule has 8 heteroatoms. The van der Waals surface area contributed by atoms with Crippen LogP contribution < -0.4 is 10.9 Å². The Morgan fingerprint density at radius 2 is 1.69 bits per heavy atom. The zero-order valence-corrected chi connectivity index (χ0v) is 18.1. The van der Waals surface area contributed by atoms with Gasteiger partial charge in [0.1, 0.15) is 0 Å². The number of carbonyl (C=O) groups is 1. The second kappa shape index (κ2) is 10.00. The van der Waals surface area contributed by atoms with E-state index in [0.717, 1.165) is 17.1 Å². The number of hydrogen-bond donors (Lipinski definition) is 1. The zero-order chi connectivity index (χ0) is 22.3. The maximum atomic E-state index is 12.4. The molecule has 166 valence electrons. The molecule has 0 atom stereocenters. The van der Waals surface area contributed by atoms with E-state index < -0.39 is 0 Å². The largest absolute Gasteiger partial charge is 0.459 e. The summed E-state index contributed by atoms with van der Waals surface area (Å²) >= 11 is 0. The van der Waals surface area contributed by atoms with E-state index >= 15 is 0 Å². The molecule has 1 fully saturated rings. The van der Waals surface area contributed by atoms with Gasteiger partial charge >= 0.3 is 0 Å². The van der Waals surface area contributed by atoms with E-state index in [1.807, 2.05) is 18.2 Å². The smallest absolute Gasteiger partial charge is 0.289 e. The Hall–Kier alpha value is -3.81. The van der Waals surface area contributed by atoms with Crippen LogP contribution >= 0.6 is 0 Å². The first-order valence-electron chi connectivity index (χ1n) is 10.7. The lowest BCUT2D eigenvalue weighted by Gasteiger charge is -2.36. The highest BCUT2D eigenvalue weighted by molar-refractivity contribution is 5.91. The molecule has 8 nitrogen and oxygen atoms in total. The van der Waals surface area contributed by atoms with Crippen molar-refractivity contribution in [3.05, 3.63) is 94.3 Å². The molecule has 1 aromatic carbocycles. The number of rotatable bonds is 5. The molecule has 2 aromatic heterocycles. The average Bonchev–Trinajstić information content (AvgIpc) is 3.37. The van der Waals surface area contributed by atoms with Gasteiger partial charge in [0.15, 0.2) is 11.7 Å². The molecule has 0 aliphatic carbocycles. The SMILES string of the molecule is CN=C(NCc1ccc(Cn2ccccc2=O)cc1)N1CCN(C(=O)c2ccco2)CC1. The Morgan fingerprint density at radius 3 is 2.34 bits per heavy atom. The molecular weight excluding hydrogens is 406 g/mol. The Labute approximate surface area is 186 Å². The molecule has 1 aliphatic rings. The van der Waals surface area contributed by atoms with Crippen molar-refractivity contribution in [2.45, 2.75) is 13.1 Å². The number of aromatic nitrogens is 1. The number of furan rings is 1. The number of amides is 1. The third kappa shape index (κ3) is 5.08. The van der Waals surface area contributed by atoms with Crippen LogP contribution in [-0.4, -0.2) is 59.5 Å². The van der Waals surface area contributed by atoms with Crippen LogP contribution in [0.25, 0.3) is 0 Å². The topological polar surface area (TPSA) is 83.1 Å². The minimum Gasteiger partial charge on any atom is -0.459 e. The first kappa shape index (κ1) is 21.4. The summed E-state index contributed by atoms with van der Waals surface area (Å²) in [4.78, 5) is 32.7. The van der Waals surface area contributed by atoms with Crippen LogP contribution in [0.4, 0.5) is 0 Å². The Morgan fingerprint density at radius 1 is 0.969 bits per heavy atom. The number of aliphatic imine (C=N–C) groups is 1. The molecule has 1 amide bonds. The quantitative estimate of drug-likeness (QED) is 0.492. The van der Waals surface area contributed by atoms with Gasteiger partial charge in [-0.25, -0.2) is 0 Å². The lowest BCUT2D eigenvalue weighted by Crippen LogP contribution is -2.53. The molecule has 4 rings (SSSR count). The van der Waals surface area contributed by atoms with Crippen LogP contribution in [-0.2, 0) is 13.1 Å². The summed E-state index contributed by atoms with van der Waals surface area (Å²) in [5.74, 6) is 1.12. The summed E-state index contributed by atoms with van der Waals surface area (Å²) in [6.45, 7) is 3.84. The number of nitrogens with zero attached hydrogens (tertiary/aromatic N) is 4. The van der Waals surface area contributed by atoms with Gasteiger partial charge in [0.2, 0.25) is 0 Å². The average molecular weight is 434 g/mol. The molecule has 1 N–H and O–H groups in total. The maximum Gasteiger partial charge on any atom is 0.289 e. The molecule has 1 aliphatic heterocycles. The van der Waals surface area contributed by atoms with Gasteiger partial charge in [-0.15, -0.1) is 0 Å². The van der Waals surface area contributed by atoms with Crippen LogP contribution in [0.3, 0.4) is 0 Å². The van der Waals surface area contributed by atoms with Crippen molar-refractivity contribution >= 4 is 11.9 Å². The van der Waals surface area contributed by atoms with Gasteiger partial charge in [-0.05, 0) is 29.3 Å². The Kier molecular flexibility index (Phi) is 6.69. The van der Waals surface area contributed by atoms with Crippen molar-refractivity contribution in [1.29, 1.82) is 0 Å². The highest BCUT2D eigenvalue weighted by Gasteiger charge is 2.25. The van der Waals surface area contributed by atoms with Crippen molar-refractivity contribution < 1.29 is 9.21 Å². The van der Waals surface area contributed by atoms with Gasteiger partial charge in [-0.2, -0.15) is 0 Å². The number of guanidine groups is 1. The summed E-state index contributed by atoms with van der Waals surface area (Å²) in [5.41, 5.74) is 2.19. The van der Waals surface area contributed by atoms with Crippen LogP contribution in [0, 0.1) is 0 Å². The van der Waals surface area contributed by atoms with E-state index in [4.69, 9.17) is 4.42 Å². The molecule has 0 radical (unpaired) electrons. The highest BCUT2D eigenvalue weighted by atomic mass is 16.3. The summed E-state index contributed by atoms with van der Waals surface area (Å²) in [6.07, 6.45) is 3.31. The number of benzene rings is 1. The third-order valence-corrected chi connectivity index (χ3v) is 5.54. The molecule has 3 aromatic rings. The molecule has 0 spiro atoms. The van der Waals surface area contributed by atoms with Gasteiger partial charge in [0.25, 0.3) is 11.5 Å². The Bertz CT molecular complexity index is 1110. The number of nitrogens with one attached hydrogen (secondary N) is 1. The number of hydrogen-bond acceptors (Lipinski definition) is 4. The summed E-state index contributed by atoms with van der Waals surface area (Å²) in [6, 6.07) is 16.8. The standard InChI is InChI=1S/C24H27N5O3/c1-25-24(28-14-12-27(13-15-28)23(31)21-5-4-16-32-21)26-17-19-7-9-20(10-8-19)18-29-11-3-2-6-22(29)30/h2-11,16H,12-15,17-18H2,1H3,(H,25,26). The highest BCUT2D eigenvalue weighted by Crippen LogP contribution is 2.10. The first-order valence-corrected chi connectivity index (χ1v) is 10.7. The summed E-state index contributed by atoms with van der Waals surface area (Å²) in [7, 11) is 1.77. The lowest BCUT2D eigenvalue weighted by atomic mass is 10.1. The third-order valence-electron chi connectivity index (χ3n) is 5.54. The fourth-order valence-electron chi connectivity index (χ4n) is 3.74. The second-order valence-electron chi connectivity index (χ2n) is 7.64. The zero-order valence-electron chi connectivity index (χ0n) is 18.1. The van der Waals surface area contributed by atoms with Crippen molar-refractivity contribution in [3.63, 3.8) is 0 Å². The molecule has 0 saturated carbocycles. The summed E-state index contributed by atoms with van der Waals surface area (Å²) in [5, 5.41) is 3.40. The van der Waals surface area contributed by atoms with Crippen LogP contribution in [0.5, 0.6) is 0 Å². The van der Waals surface area contributed by atoms with Crippen LogP contribution in [0.15, 0.2) is 81.3 Å². The van der Waals surface area contributed by atoms with E-state index in [-0.39, 0.29) is 11.5 Å². The molecule has 32 heavy (non-hydrogen) atoms. The van der Waals surface area contributed by atoms with Gasteiger partial charge < -0.3 is 24.1 Å². The van der Waals surface area contributed by atoms with Crippen molar-refractivity contribution in [3.8, 4) is 0 Å². The van der Waals surface area contributed by atoms with E-state index in [0.29, 0.717) is 45.0 Å². The minimum absolute atomic E-state index is 0.00648. The van der Waals surface area contributed by atoms with E-state index in [2.05, 4.69) is 27.3 Å². The molecule has 1 saturated heterocycles. The van der Waals surface area contributed by atoms with Gasteiger partial charge in [-0.1, -0.05) is 30.3 Å². The molecule has 0 unspecified atom stereocenters. The molecule has 0 bridgehead atoms. The number of piperazine rings is 1. The van der Waals surface area contributed by atoms with Gasteiger partial charge in [0.05, 0.1) is 12.8 Å². The van der Waals surface area contributed by atoms with Crippen molar-refractivity contribution in [2.75, 3.05) is 33.2 Å². The number of pyridine rings is 1. The molecule has 3 heterocycles. The molecular formula is C24H27N5O3. The Balaban J connectivity index is 1.28. The van der Waals surface area contributed by atoms with Crippen LogP contribution in [0.1, 0.15) is 21.7 Å². The number of carbonyl (C=O) groups excluding carboxylic acids is 1. The first-order chi connectivity index (χ1) is 15.6. The van der Waals surface area contributed by atoms with Gasteiger partial charge in [0, 0.05) is 52.0 Å². The maximum absolute atomic E-state index is 12.4.